The predicted molar refractivity (Wildman–Crippen MR) is 115 cm³/mol. The number of pyridine rings is 1. The summed E-state index contributed by atoms with van der Waals surface area (Å²) < 4.78 is 32.8. The molecule has 1 N–H and O–H groups in total. The summed E-state index contributed by atoms with van der Waals surface area (Å²) in [6.07, 6.45) is -0.184. The molecule has 0 spiro atoms. The lowest BCUT2D eigenvalue weighted by molar-refractivity contribution is 0.102. The lowest BCUT2D eigenvalue weighted by Gasteiger charge is -2.20. The van der Waals surface area contributed by atoms with Crippen molar-refractivity contribution in [2.75, 3.05) is 18.4 Å². The summed E-state index contributed by atoms with van der Waals surface area (Å²) in [5.41, 5.74) is 0.312. The number of carbonyl (C=O) groups excluding carboxylic acids is 1. The van der Waals surface area contributed by atoms with Gasteiger partial charge in [-0.3, -0.25) is 4.79 Å². The quantitative estimate of drug-likeness (QED) is 0.588. The van der Waals surface area contributed by atoms with Crippen molar-refractivity contribution < 1.29 is 17.9 Å². The number of hydrogen-bond acceptors (Lipinski definition) is 5. The van der Waals surface area contributed by atoms with Gasteiger partial charge >= 0.3 is 0 Å². The molecule has 0 aliphatic heterocycles. The van der Waals surface area contributed by atoms with Crippen LogP contribution in [0.15, 0.2) is 35.2 Å². The normalized spacial score (nSPS) is 11.7. The topological polar surface area (TPSA) is 88.6 Å². The van der Waals surface area contributed by atoms with Crippen LogP contribution in [0.2, 0.25) is 10.3 Å². The Morgan fingerprint density at radius 1 is 1.17 bits per heavy atom. The van der Waals surface area contributed by atoms with Crippen LogP contribution in [-0.4, -0.2) is 42.8 Å². The summed E-state index contributed by atoms with van der Waals surface area (Å²) in [6.45, 7) is 7.83. The van der Waals surface area contributed by atoms with Gasteiger partial charge in [0.1, 0.15) is 16.1 Å². The highest BCUT2D eigenvalue weighted by Crippen LogP contribution is 2.31. The first-order chi connectivity index (χ1) is 13.6. The molecule has 2 rings (SSSR count). The SMILES string of the molecule is CCN(CC)S(=O)(=O)c1ccc(OC(C)C)c(NC(=O)c2ccc(Cl)nc2Cl)c1. The van der Waals surface area contributed by atoms with E-state index in [1.807, 2.05) is 13.8 Å². The van der Waals surface area contributed by atoms with Gasteiger partial charge in [-0.25, -0.2) is 13.4 Å². The van der Waals surface area contributed by atoms with Crippen LogP contribution in [0.5, 0.6) is 5.75 Å². The number of benzene rings is 1. The van der Waals surface area contributed by atoms with Gasteiger partial charge in [0.25, 0.3) is 5.91 Å². The van der Waals surface area contributed by atoms with Crippen LogP contribution in [-0.2, 0) is 10.0 Å². The van der Waals surface area contributed by atoms with E-state index in [0.717, 1.165) is 0 Å². The van der Waals surface area contributed by atoms with Crippen LogP contribution < -0.4 is 10.1 Å². The highest BCUT2D eigenvalue weighted by Gasteiger charge is 2.24. The van der Waals surface area contributed by atoms with Crippen LogP contribution in [0.1, 0.15) is 38.1 Å². The number of nitrogens with zero attached hydrogens (tertiary/aromatic N) is 2. The maximum absolute atomic E-state index is 12.9. The second-order valence-corrected chi connectivity index (χ2v) is 9.02. The molecule has 1 aromatic heterocycles. The van der Waals surface area contributed by atoms with Crippen molar-refractivity contribution in [2.24, 2.45) is 0 Å². The second kappa shape index (κ2) is 9.75. The number of nitrogens with one attached hydrogen (secondary N) is 1. The molecule has 0 atom stereocenters. The zero-order valence-electron chi connectivity index (χ0n) is 16.6. The van der Waals surface area contributed by atoms with Crippen molar-refractivity contribution >= 4 is 44.8 Å². The van der Waals surface area contributed by atoms with Gasteiger partial charge in [-0.15, -0.1) is 0 Å². The maximum Gasteiger partial charge on any atom is 0.258 e. The van der Waals surface area contributed by atoms with Crippen LogP contribution in [0.3, 0.4) is 0 Å². The highest BCUT2D eigenvalue weighted by molar-refractivity contribution is 7.89. The molecular formula is C19H23Cl2N3O4S. The highest BCUT2D eigenvalue weighted by atomic mass is 35.5. The van der Waals surface area contributed by atoms with Gasteiger partial charge in [0.2, 0.25) is 10.0 Å². The summed E-state index contributed by atoms with van der Waals surface area (Å²) in [5, 5.41) is 2.76. The number of anilines is 1. The van der Waals surface area contributed by atoms with Crippen molar-refractivity contribution in [3.05, 3.63) is 46.2 Å². The zero-order valence-corrected chi connectivity index (χ0v) is 18.9. The Morgan fingerprint density at radius 2 is 1.83 bits per heavy atom. The number of amides is 1. The third-order valence-electron chi connectivity index (χ3n) is 3.96. The first-order valence-electron chi connectivity index (χ1n) is 9.04. The molecule has 0 fully saturated rings. The number of hydrogen-bond donors (Lipinski definition) is 1. The molecule has 29 heavy (non-hydrogen) atoms. The molecule has 0 saturated carbocycles. The first kappa shape index (κ1) is 23.4. The average Bonchev–Trinajstić information content (AvgIpc) is 2.63. The molecule has 1 amide bonds. The number of aromatic nitrogens is 1. The van der Waals surface area contributed by atoms with Crippen molar-refractivity contribution in [1.82, 2.24) is 9.29 Å². The number of carbonyl (C=O) groups is 1. The second-order valence-electron chi connectivity index (χ2n) is 6.34. The Kier molecular flexibility index (Phi) is 7.87. The third-order valence-corrected chi connectivity index (χ3v) is 6.51. The lowest BCUT2D eigenvalue weighted by Crippen LogP contribution is -2.30. The van der Waals surface area contributed by atoms with Crippen molar-refractivity contribution in [3.8, 4) is 5.75 Å². The van der Waals surface area contributed by atoms with Crippen molar-refractivity contribution in [1.29, 1.82) is 0 Å². The van der Waals surface area contributed by atoms with Gasteiger partial charge in [0.15, 0.2) is 0 Å². The number of sulfonamides is 1. The van der Waals surface area contributed by atoms with E-state index in [1.54, 1.807) is 13.8 Å². The molecule has 0 aliphatic carbocycles. The van der Waals surface area contributed by atoms with Gasteiger partial charge in [0.05, 0.1) is 22.3 Å². The Balaban J connectivity index is 2.48. The molecule has 0 radical (unpaired) electrons. The fourth-order valence-electron chi connectivity index (χ4n) is 2.61. The molecule has 10 heteroatoms. The van der Waals surface area contributed by atoms with E-state index in [1.165, 1.54) is 34.6 Å². The Morgan fingerprint density at radius 3 is 2.38 bits per heavy atom. The molecule has 0 saturated heterocycles. The Bertz CT molecular complexity index is 993. The molecule has 0 unspecified atom stereocenters. The summed E-state index contributed by atoms with van der Waals surface area (Å²) in [4.78, 5) is 16.6. The minimum absolute atomic E-state index is 0.0490. The van der Waals surface area contributed by atoms with Crippen molar-refractivity contribution in [2.45, 2.75) is 38.7 Å². The van der Waals surface area contributed by atoms with Gasteiger partial charge in [-0.2, -0.15) is 4.31 Å². The van der Waals surface area contributed by atoms with E-state index in [4.69, 9.17) is 27.9 Å². The predicted octanol–water partition coefficient (Wildman–Crippen LogP) is 4.46. The fourth-order valence-corrected chi connectivity index (χ4v) is 4.52. The van der Waals surface area contributed by atoms with Gasteiger partial charge < -0.3 is 10.1 Å². The van der Waals surface area contributed by atoms with E-state index < -0.39 is 15.9 Å². The van der Waals surface area contributed by atoms with Gasteiger partial charge in [0, 0.05) is 13.1 Å². The van der Waals surface area contributed by atoms with Crippen molar-refractivity contribution in [3.63, 3.8) is 0 Å². The number of halogens is 2. The van der Waals surface area contributed by atoms with Crippen LogP contribution >= 0.6 is 23.2 Å². The lowest BCUT2D eigenvalue weighted by atomic mass is 10.2. The summed E-state index contributed by atoms with van der Waals surface area (Å²) in [7, 11) is -3.71. The van der Waals surface area contributed by atoms with Gasteiger partial charge in [-0.1, -0.05) is 37.0 Å². The van der Waals surface area contributed by atoms with E-state index in [-0.39, 0.29) is 32.6 Å². The molecule has 0 aliphatic rings. The molecule has 1 heterocycles. The first-order valence-corrected chi connectivity index (χ1v) is 11.2. The monoisotopic (exact) mass is 459 g/mol. The number of rotatable bonds is 8. The van der Waals surface area contributed by atoms with E-state index in [9.17, 15) is 13.2 Å². The van der Waals surface area contributed by atoms with E-state index in [0.29, 0.717) is 18.8 Å². The third kappa shape index (κ3) is 5.60. The largest absolute Gasteiger partial charge is 0.489 e. The smallest absolute Gasteiger partial charge is 0.258 e. The Labute approximate surface area is 181 Å². The maximum atomic E-state index is 12.9. The van der Waals surface area contributed by atoms with Crippen LogP contribution in [0.4, 0.5) is 5.69 Å². The summed E-state index contributed by atoms with van der Waals surface area (Å²) >= 11 is 11.8. The van der Waals surface area contributed by atoms with Crippen LogP contribution in [0.25, 0.3) is 0 Å². The molecule has 2 aromatic rings. The summed E-state index contributed by atoms with van der Waals surface area (Å²) in [6, 6.07) is 7.23. The molecular weight excluding hydrogens is 437 g/mol. The molecule has 1 aromatic carbocycles. The van der Waals surface area contributed by atoms with Gasteiger partial charge in [-0.05, 0) is 44.2 Å². The van der Waals surface area contributed by atoms with Crippen LogP contribution in [0, 0.1) is 0 Å². The standard InChI is InChI=1S/C19H23Cl2N3O4S/c1-5-24(6-2)29(26,27)13-7-9-16(28-12(3)4)15(11-13)22-19(25)14-8-10-17(20)23-18(14)21/h7-12H,5-6H2,1-4H3,(H,22,25). The zero-order chi connectivity index (χ0) is 21.8. The number of ether oxygens (including phenoxy) is 1. The molecule has 7 nitrogen and oxygen atoms in total. The van der Waals surface area contributed by atoms with E-state index in [2.05, 4.69) is 10.3 Å². The molecule has 0 bridgehead atoms. The minimum atomic E-state index is -3.71. The van der Waals surface area contributed by atoms with E-state index >= 15 is 0 Å². The average molecular weight is 460 g/mol. The Hall–Kier alpha value is -1.87. The fraction of sp³-hybridized carbons (Fsp3) is 0.368. The molecule has 158 valence electrons. The minimum Gasteiger partial charge on any atom is -0.489 e. The summed E-state index contributed by atoms with van der Waals surface area (Å²) in [5.74, 6) is -0.227.